The normalized spacial score (nSPS) is 13.3. The first-order valence-corrected chi connectivity index (χ1v) is 7.57. The Kier molecular flexibility index (Phi) is 6.62. The van der Waals surface area contributed by atoms with Crippen molar-refractivity contribution in [2.45, 2.75) is 52.7 Å². The second-order valence-corrected chi connectivity index (χ2v) is 6.48. The third kappa shape index (κ3) is 5.64. The molecule has 1 aromatic rings. The maximum Gasteiger partial charge on any atom is 0.146 e. The van der Waals surface area contributed by atoms with Gasteiger partial charge in [0, 0.05) is 31.8 Å². The summed E-state index contributed by atoms with van der Waals surface area (Å²) in [7, 11) is 1.67. The maximum absolute atomic E-state index is 14.4. The number of hydrogen-bond donors (Lipinski definition) is 1. The van der Waals surface area contributed by atoms with Crippen molar-refractivity contribution in [3.05, 3.63) is 29.6 Å². The van der Waals surface area contributed by atoms with Gasteiger partial charge in [0.25, 0.3) is 0 Å². The van der Waals surface area contributed by atoms with E-state index in [1.807, 2.05) is 30.9 Å². The van der Waals surface area contributed by atoms with Gasteiger partial charge in [-0.25, -0.2) is 4.39 Å². The lowest BCUT2D eigenvalue weighted by Crippen LogP contribution is -2.37. The molecule has 0 saturated carbocycles. The average molecular weight is 296 g/mol. The van der Waals surface area contributed by atoms with E-state index in [1.165, 1.54) is 0 Å². The molecule has 21 heavy (non-hydrogen) atoms. The van der Waals surface area contributed by atoms with Gasteiger partial charge in [-0.05, 0) is 52.3 Å². The van der Waals surface area contributed by atoms with E-state index in [1.54, 1.807) is 13.2 Å². The summed E-state index contributed by atoms with van der Waals surface area (Å²) in [5.74, 6) is -0.173. The van der Waals surface area contributed by atoms with Gasteiger partial charge in [0.05, 0.1) is 12.3 Å². The molecule has 120 valence electrons. The average Bonchev–Trinajstić information content (AvgIpc) is 2.39. The summed E-state index contributed by atoms with van der Waals surface area (Å²) in [6.45, 7) is 12.4. The van der Waals surface area contributed by atoms with Gasteiger partial charge >= 0.3 is 0 Å². The lowest BCUT2D eigenvalue weighted by atomic mass is 10.1. The molecule has 1 N–H and O–H groups in total. The molecule has 0 aliphatic rings. The molecule has 0 heterocycles. The summed E-state index contributed by atoms with van der Waals surface area (Å²) in [4.78, 5) is 2.03. The van der Waals surface area contributed by atoms with Crippen LogP contribution in [0.25, 0.3) is 0 Å². The molecule has 0 aromatic heterocycles. The number of hydrogen-bond acceptors (Lipinski definition) is 3. The van der Waals surface area contributed by atoms with E-state index in [9.17, 15) is 4.39 Å². The van der Waals surface area contributed by atoms with E-state index in [4.69, 9.17) is 4.74 Å². The summed E-state index contributed by atoms with van der Waals surface area (Å²) < 4.78 is 19.6. The largest absolute Gasteiger partial charge is 0.383 e. The lowest BCUT2D eigenvalue weighted by molar-refractivity contribution is 0.181. The third-order valence-electron chi connectivity index (χ3n) is 3.42. The monoisotopic (exact) mass is 296 g/mol. The molecule has 1 atom stereocenters. The molecular formula is C17H29FN2O. The van der Waals surface area contributed by atoms with E-state index in [-0.39, 0.29) is 17.4 Å². The summed E-state index contributed by atoms with van der Waals surface area (Å²) in [5.41, 5.74) is 1.63. The number of nitrogens with one attached hydrogen (secondary N) is 1. The van der Waals surface area contributed by atoms with Crippen LogP contribution in [0.15, 0.2) is 18.2 Å². The van der Waals surface area contributed by atoms with Gasteiger partial charge in [-0.3, -0.25) is 0 Å². The zero-order valence-electron chi connectivity index (χ0n) is 14.2. The molecule has 3 nitrogen and oxygen atoms in total. The van der Waals surface area contributed by atoms with Crippen LogP contribution in [0.5, 0.6) is 0 Å². The van der Waals surface area contributed by atoms with Crippen LogP contribution in [0.3, 0.4) is 0 Å². The van der Waals surface area contributed by atoms with Crippen LogP contribution in [0.2, 0.25) is 0 Å². The molecule has 1 aromatic carbocycles. The summed E-state index contributed by atoms with van der Waals surface area (Å²) in [5, 5.41) is 3.37. The first kappa shape index (κ1) is 17.9. The highest BCUT2D eigenvalue weighted by atomic mass is 19.1. The fraction of sp³-hybridized carbons (Fsp3) is 0.647. The number of anilines is 1. The Hall–Kier alpha value is -1.13. The lowest BCUT2D eigenvalue weighted by Gasteiger charge is -2.30. The molecule has 0 fully saturated rings. The minimum Gasteiger partial charge on any atom is -0.383 e. The van der Waals surface area contributed by atoms with E-state index < -0.39 is 0 Å². The van der Waals surface area contributed by atoms with Crippen molar-refractivity contribution in [1.82, 2.24) is 5.32 Å². The molecule has 4 heteroatoms. The highest BCUT2D eigenvalue weighted by Crippen LogP contribution is 2.23. The van der Waals surface area contributed by atoms with Gasteiger partial charge in [-0.2, -0.15) is 0 Å². The number of methoxy groups -OCH3 is 1. The SMILES string of the molecule is CCN(c1ccc(CNC(C)(C)C)cc1F)C(C)COC. The first-order valence-electron chi connectivity index (χ1n) is 7.57. The second kappa shape index (κ2) is 7.76. The van der Waals surface area contributed by atoms with Gasteiger partial charge < -0.3 is 15.0 Å². The molecule has 0 amide bonds. The van der Waals surface area contributed by atoms with E-state index >= 15 is 0 Å². The summed E-state index contributed by atoms with van der Waals surface area (Å²) >= 11 is 0. The Morgan fingerprint density at radius 1 is 1.33 bits per heavy atom. The molecule has 1 unspecified atom stereocenters. The van der Waals surface area contributed by atoms with E-state index in [0.29, 0.717) is 18.8 Å². The van der Waals surface area contributed by atoms with Gasteiger partial charge in [0.2, 0.25) is 0 Å². The van der Waals surface area contributed by atoms with Crippen LogP contribution < -0.4 is 10.2 Å². The fourth-order valence-electron chi connectivity index (χ4n) is 2.31. The summed E-state index contributed by atoms with van der Waals surface area (Å²) in [6, 6.07) is 5.62. The molecule has 0 aliphatic carbocycles. The van der Waals surface area contributed by atoms with Crippen molar-refractivity contribution in [2.24, 2.45) is 0 Å². The zero-order chi connectivity index (χ0) is 16.0. The third-order valence-corrected chi connectivity index (χ3v) is 3.42. The number of benzene rings is 1. The van der Waals surface area contributed by atoms with Gasteiger partial charge in [0.15, 0.2) is 0 Å². The van der Waals surface area contributed by atoms with Gasteiger partial charge in [-0.1, -0.05) is 6.07 Å². The van der Waals surface area contributed by atoms with Crippen LogP contribution in [0.4, 0.5) is 10.1 Å². The molecular weight excluding hydrogens is 267 g/mol. The number of likely N-dealkylation sites (N-methyl/N-ethyl adjacent to an activating group) is 1. The van der Waals surface area contributed by atoms with Crippen LogP contribution in [0, 0.1) is 5.82 Å². The van der Waals surface area contributed by atoms with Crippen LogP contribution >= 0.6 is 0 Å². The van der Waals surface area contributed by atoms with Crippen LogP contribution in [-0.4, -0.2) is 31.8 Å². The molecule has 0 spiro atoms. The van der Waals surface area contributed by atoms with Crippen molar-refractivity contribution in [3.63, 3.8) is 0 Å². The van der Waals surface area contributed by atoms with Crippen LogP contribution in [0.1, 0.15) is 40.2 Å². The Balaban J connectivity index is 2.85. The van der Waals surface area contributed by atoms with Crippen molar-refractivity contribution < 1.29 is 9.13 Å². The van der Waals surface area contributed by atoms with Crippen molar-refractivity contribution in [2.75, 3.05) is 25.2 Å². The number of halogens is 1. The Bertz CT molecular complexity index is 443. The minimum atomic E-state index is -0.173. The summed E-state index contributed by atoms with van der Waals surface area (Å²) in [6.07, 6.45) is 0. The predicted molar refractivity (Wildman–Crippen MR) is 87.4 cm³/mol. The Morgan fingerprint density at radius 2 is 2.00 bits per heavy atom. The minimum absolute atomic E-state index is 0.0254. The quantitative estimate of drug-likeness (QED) is 0.832. The van der Waals surface area contributed by atoms with Gasteiger partial charge in [0.1, 0.15) is 5.82 Å². The maximum atomic E-state index is 14.4. The number of rotatable bonds is 7. The Labute approximate surface area is 128 Å². The standard InChI is InChI=1S/C17H29FN2O/c1-7-20(13(2)12-21-6)16-9-8-14(10-15(16)18)11-19-17(3,4)5/h8-10,13,19H,7,11-12H2,1-6H3. The number of nitrogens with zero attached hydrogens (tertiary/aromatic N) is 1. The molecule has 0 saturated heterocycles. The predicted octanol–water partition coefficient (Wildman–Crippen LogP) is 3.58. The molecule has 1 rings (SSSR count). The molecule has 0 aliphatic heterocycles. The van der Waals surface area contributed by atoms with Crippen LogP contribution in [-0.2, 0) is 11.3 Å². The highest BCUT2D eigenvalue weighted by Gasteiger charge is 2.17. The van der Waals surface area contributed by atoms with E-state index in [2.05, 4.69) is 26.1 Å². The smallest absolute Gasteiger partial charge is 0.146 e. The molecule has 0 bridgehead atoms. The topological polar surface area (TPSA) is 24.5 Å². The zero-order valence-corrected chi connectivity index (χ0v) is 14.2. The number of ether oxygens (including phenoxy) is 1. The fourth-order valence-corrected chi connectivity index (χ4v) is 2.31. The van der Waals surface area contributed by atoms with Crippen molar-refractivity contribution in [3.8, 4) is 0 Å². The highest BCUT2D eigenvalue weighted by molar-refractivity contribution is 5.50. The van der Waals surface area contributed by atoms with Crippen molar-refractivity contribution in [1.29, 1.82) is 0 Å². The van der Waals surface area contributed by atoms with Gasteiger partial charge in [-0.15, -0.1) is 0 Å². The first-order chi connectivity index (χ1) is 9.78. The van der Waals surface area contributed by atoms with E-state index in [0.717, 1.165) is 12.1 Å². The Morgan fingerprint density at radius 3 is 2.48 bits per heavy atom. The van der Waals surface area contributed by atoms with Crippen molar-refractivity contribution >= 4 is 5.69 Å². The second-order valence-electron chi connectivity index (χ2n) is 6.48. The molecule has 0 radical (unpaired) electrons.